The molecule has 0 N–H and O–H groups in total. The zero-order chi connectivity index (χ0) is 13.7. The van der Waals surface area contributed by atoms with E-state index in [1.807, 2.05) is 13.8 Å². The smallest absolute Gasteiger partial charge is 0.257 e. The van der Waals surface area contributed by atoms with Crippen molar-refractivity contribution in [3.63, 3.8) is 0 Å². The first kappa shape index (κ1) is 15.2. The summed E-state index contributed by atoms with van der Waals surface area (Å²) in [7, 11) is 0. The maximum Gasteiger partial charge on any atom is 0.257 e. The normalized spacial score (nSPS) is 10.8. The zero-order valence-electron chi connectivity index (χ0n) is 11.0. The van der Waals surface area contributed by atoms with E-state index in [2.05, 4.69) is 15.9 Å². The molecule has 0 unspecified atom stereocenters. The van der Waals surface area contributed by atoms with E-state index >= 15 is 0 Å². The highest BCUT2D eigenvalue weighted by molar-refractivity contribution is 9.09. The lowest BCUT2D eigenvalue weighted by Crippen LogP contribution is -2.38. The van der Waals surface area contributed by atoms with Gasteiger partial charge in [-0.2, -0.15) is 0 Å². The third-order valence-corrected chi connectivity index (χ3v) is 3.40. The van der Waals surface area contributed by atoms with Gasteiger partial charge in [0, 0.05) is 17.9 Å². The molecular formula is C14H19BrFNO. The van der Waals surface area contributed by atoms with Gasteiger partial charge in [-0.1, -0.05) is 28.1 Å². The van der Waals surface area contributed by atoms with Crippen LogP contribution in [0.5, 0.6) is 0 Å². The second-order valence-corrected chi connectivity index (χ2v) is 5.36. The summed E-state index contributed by atoms with van der Waals surface area (Å²) in [4.78, 5) is 14.0. The van der Waals surface area contributed by atoms with Crippen LogP contribution in [0.4, 0.5) is 4.39 Å². The minimum absolute atomic E-state index is 0.0662. The van der Waals surface area contributed by atoms with Crippen LogP contribution in [0.3, 0.4) is 0 Å². The fourth-order valence-electron chi connectivity index (χ4n) is 1.79. The first-order chi connectivity index (χ1) is 8.49. The van der Waals surface area contributed by atoms with Gasteiger partial charge in [0.1, 0.15) is 5.82 Å². The number of rotatable bonds is 5. The van der Waals surface area contributed by atoms with Crippen molar-refractivity contribution in [1.29, 1.82) is 0 Å². The number of alkyl halides is 1. The Kier molecular flexibility index (Phi) is 5.79. The quantitative estimate of drug-likeness (QED) is 0.757. The molecule has 1 rings (SSSR count). The maximum absolute atomic E-state index is 13.9. The van der Waals surface area contributed by atoms with Gasteiger partial charge in [0.2, 0.25) is 0 Å². The summed E-state index contributed by atoms with van der Waals surface area (Å²) in [5.74, 6) is -0.640. The molecule has 1 aromatic carbocycles. The molecule has 0 saturated heterocycles. The topological polar surface area (TPSA) is 20.3 Å². The van der Waals surface area contributed by atoms with Gasteiger partial charge in [-0.05, 0) is 38.8 Å². The van der Waals surface area contributed by atoms with Crippen LogP contribution in [0, 0.1) is 12.7 Å². The van der Waals surface area contributed by atoms with E-state index in [1.54, 1.807) is 30.0 Å². The average Bonchev–Trinajstić information content (AvgIpc) is 2.32. The number of hydrogen-bond donors (Lipinski definition) is 0. The second-order valence-electron chi connectivity index (χ2n) is 4.57. The predicted molar refractivity (Wildman–Crippen MR) is 75.7 cm³/mol. The van der Waals surface area contributed by atoms with E-state index in [0.717, 1.165) is 11.8 Å². The number of aryl methyl sites for hydroxylation is 1. The van der Waals surface area contributed by atoms with Crippen LogP contribution < -0.4 is 0 Å². The predicted octanol–water partition coefficient (Wildman–Crippen LogP) is 3.77. The molecule has 2 nitrogen and oxygen atoms in total. The van der Waals surface area contributed by atoms with Gasteiger partial charge in [0.05, 0.1) is 5.56 Å². The molecule has 0 aliphatic heterocycles. The van der Waals surface area contributed by atoms with E-state index in [1.165, 1.54) is 0 Å². The van der Waals surface area contributed by atoms with E-state index in [4.69, 9.17) is 0 Å². The molecule has 0 heterocycles. The van der Waals surface area contributed by atoms with Gasteiger partial charge in [0.15, 0.2) is 0 Å². The molecule has 0 atom stereocenters. The maximum atomic E-state index is 13.9. The van der Waals surface area contributed by atoms with E-state index < -0.39 is 5.82 Å². The molecule has 0 spiro atoms. The fourth-order valence-corrected chi connectivity index (χ4v) is 2.04. The number of carbonyl (C=O) groups excluding carboxylic acids is 1. The van der Waals surface area contributed by atoms with Crippen molar-refractivity contribution in [2.24, 2.45) is 0 Å². The Morgan fingerprint density at radius 1 is 1.44 bits per heavy atom. The largest absolute Gasteiger partial charge is 0.336 e. The Bertz CT molecular complexity index is 420. The summed E-state index contributed by atoms with van der Waals surface area (Å²) in [5.41, 5.74) is 0.670. The lowest BCUT2D eigenvalue weighted by molar-refractivity contribution is 0.0701. The Morgan fingerprint density at radius 3 is 2.67 bits per heavy atom. The zero-order valence-corrected chi connectivity index (χ0v) is 12.6. The summed E-state index contributed by atoms with van der Waals surface area (Å²) in [6.45, 7) is 6.19. The van der Waals surface area contributed by atoms with Crippen LogP contribution >= 0.6 is 15.9 Å². The van der Waals surface area contributed by atoms with Gasteiger partial charge in [-0.15, -0.1) is 0 Å². The second kappa shape index (κ2) is 6.88. The molecular weight excluding hydrogens is 297 g/mol. The third-order valence-electron chi connectivity index (χ3n) is 2.84. The molecule has 0 aliphatic rings. The van der Waals surface area contributed by atoms with E-state index in [0.29, 0.717) is 12.1 Å². The van der Waals surface area contributed by atoms with Crippen molar-refractivity contribution < 1.29 is 9.18 Å². The molecule has 4 heteroatoms. The number of nitrogens with zero attached hydrogens (tertiary/aromatic N) is 1. The number of amides is 1. The Hall–Kier alpha value is -0.900. The minimum atomic E-state index is -0.410. The molecule has 0 aromatic heterocycles. The highest BCUT2D eigenvalue weighted by Crippen LogP contribution is 2.16. The van der Waals surface area contributed by atoms with Crippen molar-refractivity contribution in [1.82, 2.24) is 4.90 Å². The Labute approximate surface area is 116 Å². The SMILES string of the molecule is Cc1cccc(C(=O)N(CCCBr)C(C)C)c1F. The van der Waals surface area contributed by atoms with Crippen molar-refractivity contribution >= 4 is 21.8 Å². The van der Waals surface area contributed by atoms with Crippen LogP contribution in [0.15, 0.2) is 18.2 Å². The van der Waals surface area contributed by atoms with Crippen LogP contribution in [0.25, 0.3) is 0 Å². The van der Waals surface area contributed by atoms with Gasteiger partial charge in [0.25, 0.3) is 5.91 Å². The van der Waals surface area contributed by atoms with Gasteiger partial charge in [-0.25, -0.2) is 4.39 Å². The van der Waals surface area contributed by atoms with Crippen LogP contribution in [0.1, 0.15) is 36.2 Å². The highest BCUT2D eigenvalue weighted by Gasteiger charge is 2.21. The number of hydrogen-bond acceptors (Lipinski definition) is 1. The van der Waals surface area contributed by atoms with E-state index in [-0.39, 0.29) is 17.5 Å². The lowest BCUT2D eigenvalue weighted by atomic mass is 10.1. The molecule has 1 amide bonds. The number of carbonyl (C=O) groups is 1. The molecule has 0 saturated carbocycles. The summed E-state index contributed by atoms with van der Waals surface area (Å²) < 4.78 is 13.9. The summed E-state index contributed by atoms with van der Waals surface area (Å²) in [5, 5.41) is 0.833. The summed E-state index contributed by atoms with van der Waals surface area (Å²) in [6.07, 6.45) is 0.858. The fraction of sp³-hybridized carbons (Fsp3) is 0.500. The molecule has 0 radical (unpaired) electrons. The molecule has 18 heavy (non-hydrogen) atoms. The van der Waals surface area contributed by atoms with Crippen LogP contribution in [-0.4, -0.2) is 28.7 Å². The summed E-state index contributed by atoms with van der Waals surface area (Å²) >= 11 is 3.35. The van der Waals surface area contributed by atoms with Crippen molar-refractivity contribution in [3.8, 4) is 0 Å². The highest BCUT2D eigenvalue weighted by atomic mass is 79.9. The Morgan fingerprint density at radius 2 is 2.11 bits per heavy atom. The van der Waals surface area contributed by atoms with Gasteiger partial charge >= 0.3 is 0 Å². The first-order valence-electron chi connectivity index (χ1n) is 6.11. The molecule has 1 aromatic rings. The minimum Gasteiger partial charge on any atom is -0.336 e. The number of halogens is 2. The van der Waals surface area contributed by atoms with Gasteiger partial charge in [-0.3, -0.25) is 4.79 Å². The van der Waals surface area contributed by atoms with E-state index in [9.17, 15) is 9.18 Å². The lowest BCUT2D eigenvalue weighted by Gasteiger charge is -2.27. The Balaban J connectivity index is 2.98. The average molecular weight is 316 g/mol. The molecule has 0 aliphatic carbocycles. The van der Waals surface area contributed by atoms with Crippen molar-refractivity contribution in [3.05, 3.63) is 35.1 Å². The van der Waals surface area contributed by atoms with Crippen LogP contribution in [0.2, 0.25) is 0 Å². The number of benzene rings is 1. The van der Waals surface area contributed by atoms with Crippen molar-refractivity contribution in [2.75, 3.05) is 11.9 Å². The monoisotopic (exact) mass is 315 g/mol. The standard InChI is InChI=1S/C14H19BrFNO/c1-10(2)17(9-5-8-15)14(18)12-7-4-6-11(3)13(12)16/h4,6-7,10H,5,8-9H2,1-3H3. The van der Waals surface area contributed by atoms with Crippen LogP contribution in [-0.2, 0) is 0 Å². The summed E-state index contributed by atoms with van der Waals surface area (Å²) in [6, 6.07) is 5.00. The molecule has 0 bridgehead atoms. The molecule has 100 valence electrons. The van der Waals surface area contributed by atoms with Crippen molar-refractivity contribution in [2.45, 2.75) is 33.2 Å². The first-order valence-corrected chi connectivity index (χ1v) is 7.23. The molecule has 0 fully saturated rings. The van der Waals surface area contributed by atoms with Gasteiger partial charge < -0.3 is 4.90 Å². The third kappa shape index (κ3) is 3.55.